The summed E-state index contributed by atoms with van der Waals surface area (Å²) in [5, 5.41) is 10.6. The molecule has 0 saturated heterocycles. The Morgan fingerprint density at radius 1 is 0.302 bits per heavy atom. The third-order valence-corrected chi connectivity index (χ3v) is 20.2. The van der Waals surface area contributed by atoms with Gasteiger partial charge in [-0.05, 0) is 37.5 Å². The summed E-state index contributed by atoms with van der Waals surface area (Å²) >= 11 is 0. The largest absolute Gasteiger partial charge is 0.472 e. The molecule has 0 rings (SSSR count). The van der Waals surface area contributed by atoms with Gasteiger partial charge in [-0.15, -0.1) is 0 Å². The van der Waals surface area contributed by atoms with Crippen molar-refractivity contribution < 1.29 is 80.2 Å². The Kier molecular flexibility index (Phi) is 67.4. The van der Waals surface area contributed by atoms with E-state index in [0.717, 1.165) is 115 Å². The third-order valence-electron chi connectivity index (χ3n) is 18.3. The summed E-state index contributed by atoms with van der Waals surface area (Å²) in [6.45, 7) is 9.62. The normalized spacial score (nSPS) is 14.3. The van der Waals surface area contributed by atoms with Gasteiger partial charge in [0.05, 0.1) is 26.4 Å². The minimum absolute atomic E-state index is 0.106. The van der Waals surface area contributed by atoms with Gasteiger partial charge >= 0.3 is 39.5 Å². The number of aliphatic hydroxyl groups is 1. The molecule has 3 unspecified atom stereocenters. The highest BCUT2D eigenvalue weighted by atomic mass is 31.2. The first-order valence-electron chi connectivity index (χ1n) is 40.0. The smallest absolute Gasteiger partial charge is 0.462 e. The van der Waals surface area contributed by atoms with E-state index in [1.54, 1.807) is 0 Å². The van der Waals surface area contributed by atoms with Gasteiger partial charge in [-0.1, -0.05) is 350 Å². The summed E-state index contributed by atoms with van der Waals surface area (Å²) in [6, 6.07) is 0. The Morgan fingerprint density at radius 2 is 0.531 bits per heavy atom. The first kappa shape index (κ1) is 94.1. The lowest BCUT2D eigenvalue weighted by Gasteiger charge is -2.21. The minimum Gasteiger partial charge on any atom is -0.462 e. The Morgan fingerprint density at radius 3 is 0.792 bits per heavy atom. The van der Waals surface area contributed by atoms with E-state index in [1.807, 2.05) is 0 Å². The maximum atomic E-state index is 13.1. The maximum absolute atomic E-state index is 13.1. The fourth-order valence-electron chi connectivity index (χ4n) is 11.8. The number of rotatable bonds is 76. The van der Waals surface area contributed by atoms with Crippen LogP contribution in [0, 0.1) is 11.8 Å². The highest BCUT2D eigenvalue weighted by molar-refractivity contribution is 7.47. The number of hydrogen-bond donors (Lipinski definition) is 3. The number of phosphoric acid groups is 2. The number of hydrogen-bond acceptors (Lipinski definition) is 15. The first-order valence-corrected chi connectivity index (χ1v) is 43.0. The minimum atomic E-state index is -4.96. The molecule has 0 aliphatic rings. The molecule has 0 aromatic rings. The van der Waals surface area contributed by atoms with Crippen molar-refractivity contribution in [3.8, 4) is 0 Å². The average Bonchev–Trinajstić information content (AvgIpc) is 2.49. The summed E-state index contributed by atoms with van der Waals surface area (Å²) < 4.78 is 68.4. The fraction of sp³-hybridized carbons (Fsp3) is 0.948. The second-order valence-electron chi connectivity index (χ2n) is 28.5. The zero-order valence-electron chi connectivity index (χ0n) is 62.7. The zero-order valence-corrected chi connectivity index (χ0v) is 64.5. The Bertz CT molecular complexity index is 1860. The lowest BCUT2D eigenvalue weighted by molar-refractivity contribution is -0.161. The van der Waals surface area contributed by atoms with E-state index < -0.39 is 97.5 Å². The molecule has 0 bridgehead atoms. The van der Waals surface area contributed by atoms with Gasteiger partial charge in [0.15, 0.2) is 12.2 Å². The Hall–Kier alpha value is -1.94. The lowest BCUT2D eigenvalue weighted by Crippen LogP contribution is -2.30. The van der Waals surface area contributed by atoms with E-state index in [-0.39, 0.29) is 25.7 Å². The zero-order chi connectivity index (χ0) is 70.7. The van der Waals surface area contributed by atoms with E-state index in [0.29, 0.717) is 25.7 Å². The summed E-state index contributed by atoms with van der Waals surface area (Å²) in [4.78, 5) is 72.7. The standard InChI is InChI=1S/C77H150O17P2/c1-7-10-12-14-16-17-18-19-27-30-36-42-48-54-60-75(80)88-66-73(94-76(81)61-55-49-43-37-31-28-25-23-21-20-22-24-26-29-35-41-46-52-58-70(6)9-3)68-92-96(85,86)90-64-71(78)63-89-95(83,84)91-67-72(65-87-74(79)59-53-47-39-15-13-11-8-2)93-77(82)62-56-50-44-38-33-32-34-40-45-51-57-69(4)5/h69-73,78H,7-68H2,1-6H3,(H,83,84)(H,85,86)/t70?,71-,72+,73+/m0/s1. The van der Waals surface area contributed by atoms with E-state index in [4.69, 9.17) is 37.0 Å². The molecule has 0 aromatic heterocycles. The number of ether oxygens (including phenoxy) is 4. The van der Waals surface area contributed by atoms with Gasteiger partial charge in [-0.25, -0.2) is 9.13 Å². The molecule has 0 amide bonds. The highest BCUT2D eigenvalue weighted by Gasteiger charge is 2.30. The Balaban J connectivity index is 5.16. The lowest BCUT2D eigenvalue weighted by atomic mass is 9.99. The molecule has 0 aliphatic carbocycles. The van der Waals surface area contributed by atoms with Crippen molar-refractivity contribution in [2.75, 3.05) is 39.6 Å². The van der Waals surface area contributed by atoms with Crippen LogP contribution in [0.2, 0.25) is 0 Å². The van der Waals surface area contributed by atoms with Crippen LogP contribution in [0.1, 0.15) is 401 Å². The predicted octanol–water partition coefficient (Wildman–Crippen LogP) is 22.7. The second kappa shape index (κ2) is 68.8. The van der Waals surface area contributed by atoms with Crippen molar-refractivity contribution in [2.45, 2.75) is 419 Å². The topological polar surface area (TPSA) is 237 Å². The molecule has 19 heteroatoms. The monoisotopic (exact) mass is 1410 g/mol. The summed E-state index contributed by atoms with van der Waals surface area (Å²) in [6.07, 6.45) is 57.0. The second-order valence-corrected chi connectivity index (χ2v) is 31.4. The molecule has 570 valence electrons. The summed E-state index contributed by atoms with van der Waals surface area (Å²) in [7, 11) is -9.91. The summed E-state index contributed by atoms with van der Waals surface area (Å²) in [5.41, 5.74) is 0. The van der Waals surface area contributed by atoms with Crippen LogP contribution in [0.25, 0.3) is 0 Å². The van der Waals surface area contributed by atoms with Gasteiger partial charge in [0.1, 0.15) is 19.3 Å². The van der Waals surface area contributed by atoms with Crippen LogP contribution in [0.5, 0.6) is 0 Å². The van der Waals surface area contributed by atoms with Crippen molar-refractivity contribution in [3.05, 3.63) is 0 Å². The van der Waals surface area contributed by atoms with E-state index >= 15 is 0 Å². The number of unbranched alkanes of at least 4 members (excludes halogenated alkanes) is 45. The molecular weight excluding hydrogens is 1260 g/mol. The number of phosphoric ester groups is 2. The molecule has 0 aliphatic heterocycles. The van der Waals surface area contributed by atoms with E-state index in [2.05, 4.69) is 41.5 Å². The van der Waals surface area contributed by atoms with Gasteiger partial charge in [0.2, 0.25) is 0 Å². The van der Waals surface area contributed by atoms with Crippen molar-refractivity contribution in [1.82, 2.24) is 0 Å². The van der Waals surface area contributed by atoms with Crippen molar-refractivity contribution >= 4 is 39.5 Å². The molecule has 0 radical (unpaired) electrons. The van der Waals surface area contributed by atoms with E-state index in [9.17, 15) is 43.2 Å². The van der Waals surface area contributed by atoms with Crippen LogP contribution in [-0.4, -0.2) is 96.7 Å². The molecular formula is C77H150O17P2. The third kappa shape index (κ3) is 69.2. The molecule has 0 fully saturated rings. The molecule has 6 atom stereocenters. The van der Waals surface area contributed by atoms with Crippen LogP contribution < -0.4 is 0 Å². The van der Waals surface area contributed by atoms with Gasteiger partial charge < -0.3 is 33.8 Å². The Labute approximate surface area is 588 Å². The van der Waals surface area contributed by atoms with Crippen molar-refractivity contribution in [1.29, 1.82) is 0 Å². The molecule has 17 nitrogen and oxygen atoms in total. The van der Waals surface area contributed by atoms with Crippen LogP contribution >= 0.6 is 15.6 Å². The SMILES string of the molecule is CCCCCCCCCCCCCCCCC(=O)OC[C@H](COP(=O)(O)OC[C@@H](O)COP(=O)(O)OC[C@@H](COC(=O)CCCCCCCCC)OC(=O)CCCCCCCCCCCCC(C)C)OC(=O)CCCCCCCCCCCCCCCCCCCCC(C)CC. The number of esters is 4. The number of carbonyl (C=O) groups is 4. The fourth-order valence-corrected chi connectivity index (χ4v) is 13.4. The van der Waals surface area contributed by atoms with Crippen LogP contribution in [0.3, 0.4) is 0 Å². The maximum Gasteiger partial charge on any atom is 0.472 e. The van der Waals surface area contributed by atoms with Gasteiger partial charge in [0, 0.05) is 25.7 Å². The van der Waals surface area contributed by atoms with Crippen molar-refractivity contribution in [3.63, 3.8) is 0 Å². The summed E-state index contributed by atoms with van der Waals surface area (Å²) in [5.74, 6) is -0.495. The van der Waals surface area contributed by atoms with E-state index in [1.165, 1.54) is 205 Å². The molecule has 3 N–H and O–H groups in total. The molecule has 0 spiro atoms. The average molecular weight is 1410 g/mol. The molecule has 0 saturated carbocycles. The molecule has 96 heavy (non-hydrogen) atoms. The van der Waals surface area contributed by atoms with Crippen LogP contribution in [-0.2, 0) is 65.4 Å². The van der Waals surface area contributed by atoms with Crippen molar-refractivity contribution in [2.24, 2.45) is 11.8 Å². The molecule has 0 aromatic carbocycles. The van der Waals surface area contributed by atoms with Crippen LogP contribution in [0.4, 0.5) is 0 Å². The number of aliphatic hydroxyl groups excluding tert-OH is 1. The molecule has 0 heterocycles. The highest BCUT2D eigenvalue weighted by Crippen LogP contribution is 2.45. The van der Waals surface area contributed by atoms with Gasteiger partial charge in [0.25, 0.3) is 0 Å². The van der Waals surface area contributed by atoms with Gasteiger partial charge in [-0.2, -0.15) is 0 Å². The van der Waals surface area contributed by atoms with Gasteiger partial charge in [-0.3, -0.25) is 37.3 Å². The quantitative estimate of drug-likeness (QED) is 0.0222. The number of carbonyl (C=O) groups excluding carboxylic acids is 4. The van der Waals surface area contributed by atoms with Crippen LogP contribution in [0.15, 0.2) is 0 Å². The predicted molar refractivity (Wildman–Crippen MR) is 391 cm³/mol. The first-order chi connectivity index (χ1) is 46.4.